The Balaban J connectivity index is 1.54. The van der Waals surface area contributed by atoms with Crippen molar-refractivity contribution in [2.45, 2.75) is 6.54 Å². The highest BCUT2D eigenvalue weighted by Crippen LogP contribution is 2.14. The number of nitrogens with one attached hydrogen (secondary N) is 1. The van der Waals surface area contributed by atoms with E-state index in [0.717, 1.165) is 11.1 Å². The first-order chi connectivity index (χ1) is 11.7. The second kappa shape index (κ2) is 7.41. The van der Waals surface area contributed by atoms with Crippen LogP contribution in [0.4, 0.5) is 10.5 Å². The fourth-order valence-corrected chi connectivity index (χ4v) is 2.31. The Morgan fingerprint density at radius 1 is 1.21 bits per heavy atom. The fraction of sp³-hybridized carbons (Fsp3) is 0.167. The number of ether oxygens (including phenoxy) is 1. The zero-order valence-electron chi connectivity index (χ0n) is 13.0. The van der Waals surface area contributed by atoms with Gasteiger partial charge in [-0.25, -0.2) is 4.79 Å². The molecular weight excluding hydrogens is 306 g/mol. The minimum atomic E-state index is -0.284. The van der Waals surface area contributed by atoms with Gasteiger partial charge in [0.25, 0.3) is 0 Å². The molecule has 3 rings (SSSR count). The largest absolute Gasteiger partial charge is 0.448 e. The van der Waals surface area contributed by atoms with Gasteiger partial charge in [0.05, 0.1) is 6.54 Å². The summed E-state index contributed by atoms with van der Waals surface area (Å²) in [6.07, 6.45) is 6.26. The molecule has 1 aliphatic heterocycles. The van der Waals surface area contributed by atoms with Crippen LogP contribution in [0.15, 0.2) is 54.9 Å². The zero-order valence-corrected chi connectivity index (χ0v) is 13.0. The quantitative estimate of drug-likeness (QED) is 0.859. The average Bonchev–Trinajstić information content (AvgIpc) is 3.01. The van der Waals surface area contributed by atoms with Gasteiger partial charge in [0.2, 0.25) is 5.91 Å². The van der Waals surface area contributed by atoms with Crippen LogP contribution in [-0.4, -0.2) is 35.0 Å². The number of cyclic esters (lactones) is 1. The van der Waals surface area contributed by atoms with Crippen LogP contribution in [0.1, 0.15) is 11.1 Å². The molecule has 1 aromatic carbocycles. The maximum atomic E-state index is 11.9. The molecule has 1 N–H and O–H groups in total. The topological polar surface area (TPSA) is 71.5 Å². The first-order valence-corrected chi connectivity index (χ1v) is 7.60. The minimum Gasteiger partial charge on any atom is -0.448 e. The molecule has 0 unspecified atom stereocenters. The number of nitrogens with zero attached hydrogens (tertiary/aromatic N) is 2. The molecule has 0 aliphatic carbocycles. The Labute approximate surface area is 139 Å². The van der Waals surface area contributed by atoms with Crippen LogP contribution in [-0.2, 0) is 16.1 Å². The smallest absolute Gasteiger partial charge is 0.410 e. The van der Waals surface area contributed by atoms with Crippen LogP contribution in [0.3, 0.4) is 0 Å². The van der Waals surface area contributed by atoms with Gasteiger partial charge in [-0.15, -0.1) is 0 Å². The predicted octanol–water partition coefficient (Wildman–Crippen LogP) is 2.69. The highest BCUT2D eigenvalue weighted by molar-refractivity contribution is 6.01. The number of benzene rings is 1. The molecule has 2 amide bonds. The van der Waals surface area contributed by atoms with Gasteiger partial charge in [-0.05, 0) is 41.5 Å². The molecule has 2 heterocycles. The second-order valence-corrected chi connectivity index (χ2v) is 5.34. The molecule has 0 spiro atoms. The summed E-state index contributed by atoms with van der Waals surface area (Å²) in [7, 11) is 0. The van der Waals surface area contributed by atoms with E-state index in [1.807, 2.05) is 36.4 Å². The SMILES string of the molecule is O=C(/C=C/c1ccncc1)Nc1ccc(CN2CCOC2=O)cc1. The predicted molar refractivity (Wildman–Crippen MR) is 90.1 cm³/mol. The van der Waals surface area contributed by atoms with Gasteiger partial charge in [0.15, 0.2) is 0 Å². The van der Waals surface area contributed by atoms with Crippen molar-refractivity contribution in [1.82, 2.24) is 9.88 Å². The van der Waals surface area contributed by atoms with E-state index >= 15 is 0 Å². The van der Waals surface area contributed by atoms with E-state index in [-0.39, 0.29) is 12.0 Å². The first kappa shape index (κ1) is 15.7. The molecule has 0 radical (unpaired) electrons. The van der Waals surface area contributed by atoms with Crippen LogP contribution in [0.25, 0.3) is 6.08 Å². The van der Waals surface area contributed by atoms with Gasteiger partial charge < -0.3 is 15.0 Å². The Kier molecular flexibility index (Phi) is 4.86. The lowest BCUT2D eigenvalue weighted by molar-refractivity contribution is -0.111. The van der Waals surface area contributed by atoms with Gasteiger partial charge in [-0.1, -0.05) is 12.1 Å². The van der Waals surface area contributed by atoms with Crippen molar-refractivity contribution in [3.63, 3.8) is 0 Å². The summed E-state index contributed by atoms with van der Waals surface area (Å²) in [5.74, 6) is -0.206. The van der Waals surface area contributed by atoms with Crippen LogP contribution in [0.5, 0.6) is 0 Å². The van der Waals surface area contributed by atoms with Gasteiger partial charge in [-0.2, -0.15) is 0 Å². The lowest BCUT2D eigenvalue weighted by atomic mass is 10.2. The Morgan fingerprint density at radius 3 is 2.62 bits per heavy atom. The van der Waals surface area contributed by atoms with E-state index in [2.05, 4.69) is 10.3 Å². The average molecular weight is 323 g/mol. The number of pyridine rings is 1. The van der Waals surface area contributed by atoms with E-state index in [0.29, 0.717) is 25.4 Å². The molecule has 0 bridgehead atoms. The lowest BCUT2D eigenvalue weighted by Gasteiger charge is -2.12. The minimum absolute atomic E-state index is 0.206. The maximum absolute atomic E-state index is 11.9. The van der Waals surface area contributed by atoms with E-state index < -0.39 is 0 Å². The number of hydrogen-bond donors (Lipinski definition) is 1. The third-order valence-electron chi connectivity index (χ3n) is 3.57. The fourth-order valence-electron chi connectivity index (χ4n) is 2.31. The molecule has 2 aromatic rings. The molecule has 0 saturated carbocycles. The van der Waals surface area contributed by atoms with Crippen molar-refractivity contribution >= 4 is 23.8 Å². The van der Waals surface area contributed by atoms with Crippen LogP contribution >= 0.6 is 0 Å². The van der Waals surface area contributed by atoms with E-state index in [1.165, 1.54) is 6.08 Å². The van der Waals surface area contributed by atoms with Crippen molar-refractivity contribution in [1.29, 1.82) is 0 Å². The molecule has 1 saturated heterocycles. The molecule has 24 heavy (non-hydrogen) atoms. The van der Waals surface area contributed by atoms with Crippen LogP contribution in [0.2, 0.25) is 0 Å². The molecular formula is C18H17N3O3. The Bertz CT molecular complexity index is 742. The third-order valence-corrected chi connectivity index (χ3v) is 3.57. The van der Waals surface area contributed by atoms with Crippen molar-refractivity contribution < 1.29 is 14.3 Å². The second-order valence-electron chi connectivity index (χ2n) is 5.34. The van der Waals surface area contributed by atoms with Gasteiger partial charge in [0.1, 0.15) is 6.61 Å². The van der Waals surface area contributed by atoms with E-state index in [9.17, 15) is 9.59 Å². The number of carbonyl (C=O) groups is 2. The number of carbonyl (C=O) groups excluding carboxylic acids is 2. The molecule has 1 aliphatic rings. The van der Waals surface area contributed by atoms with Crippen LogP contribution in [0, 0.1) is 0 Å². The highest BCUT2D eigenvalue weighted by atomic mass is 16.6. The summed E-state index contributed by atoms with van der Waals surface area (Å²) >= 11 is 0. The molecule has 6 heteroatoms. The lowest BCUT2D eigenvalue weighted by Crippen LogP contribution is -2.23. The number of aromatic nitrogens is 1. The van der Waals surface area contributed by atoms with E-state index in [1.54, 1.807) is 23.4 Å². The van der Waals surface area contributed by atoms with Crippen molar-refractivity contribution in [2.24, 2.45) is 0 Å². The molecule has 122 valence electrons. The van der Waals surface area contributed by atoms with Gasteiger partial charge in [0, 0.05) is 30.7 Å². The van der Waals surface area contributed by atoms with Crippen molar-refractivity contribution in [3.8, 4) is 0 Å². The molecule has 1 fully saturated rings. The first-order valence-electron chi connectivity index (χ1n) is 7.60. The molecule has 1 aromatic heterocycles. The van der Waals surface area contributed by atoms with Crippen molar-refractivity contribution in [3.05, 3.63) is 66.0 Å². The Morgan fingerprint density at radius 2 is 1.96 bits per heavy atom. The summed E-state index contributed by atoms with van der Waals surface area (Å²) in [5.41, 5.74) is 2.60. The normalized spacial score (nSPS) is 14.0. The summed E-state index contributed by atoms with van der Waals surface area (Å²) in [4.78, 5) is 28.9. The van der Waals surface area contributed by atoms with Crippen LogP contribution < -0.4 is 5.32 Å². The maximum Gasteiger partial charge on any atom is 0.410 e. The standard InChI is InChI=1S/C18H17N3O3/c22-17(6-3-14-7-9-19-10-8-14)20-16-4-1-15(2-5-16)13-21-11-12-24-18(21)23/h1-10H,11-13H2,(H,20,22)/b6-3+. The summed E-state index contributed by atoms with van der Waals surface area (Å²) < 4.78 is 4.90. The van der Waals surface area contributed by atoms with Crippen molar-refractivity contribution in [2.75, 3.05) is 18.5 Å². The number of rotatable bonds is 5. The number of amides is 2. The monoisotopic (exact) mass is 323 g/mol. The van der Waals surface area contributed by atoms with E-state index in [4.69, 9.17) is 4.74 Å². The molecule has 0 atom stereocenters. The Hall–Kier alpha value is -3.15. The van der Waals surface area contributed by atoms with Gasteiger partial charge in [-0.3, -0.25) is 9.78 Å². The van der Waals surface area contributed by atoms with Gasteiger partial charge >= 0.3 is 6.09 Å². The number of anilines is 1. The summed E-state index contributed by atoms with van der Waals surface area (Å²) in [6, 6.07) is 11.0. The zero-order chi connectivity index (χ0) is 16.8. The summed E-state index contributed by atoms with van der Waals surface area (Å²) in [5, 5.41) is 2.80. The number of hydrogen-bond acceptors (Lipinski definition) is 4. The molecule has 6 nitrogen and oxygen atoms in total. The highest BCUT2D eigenvalue weighted by Gasteiger charge is 2.21. The third kappa shape index (κ3) is 4.19. The summed E-state index contributed by atoms with van der Waals surface area (Å²) in [6.45, 7) is 1.56.